The van der Waals surface area contributed by atoms with Crippen LogP contribution in [0.25, 0.3) is 0 Å². The lowest BCUT2D eigenvalue weighted by atomic mass is 9.93. The Morgan fingerprint density at radius 2 is 1.81 bits per heavy atom. The van der Waals surface area contributed by atoms with Gasteiger partial charge in [0.25, 0.3) is 0 Å². The molecule has 2 atom stereocenters. The van der Waals surface area contributed by atoms with Crippen LogP contribution in [0.4, 0.5) is 10.2 Å². The number of halogens is 1. The first-order valence-electron chi connectivity index (χ1n) is 9.58. The summed E-state index contributed by atoms with van der Waals surface area (Å²) in [4.78, 5) is 10.6. The van der Waals surface area contributed by atoms with Crippen molar-refractivity contribution >= 4 is 5.82 Å². The third kappa shape index (κ3) is 2.87. The molecule has 2 aromatic rings. The van der Waals surface area contributed by atoms with Gasteiger partial charge in [-0.25, -0.2) is 19.0 Å². The average molecular weight is 358 g/mol. The van der Waals surface area contributed by atoms with Crippen LogP contribution in [0, 0.1) is 5.82 Å². The van der Waals surface area contributed by atoms with Crippen LogP contribution in [0.2, 0.25) is 0 Å². The molecule has 0 saturated carbocycles. The molecule has 4 rings (SSSR count). The quantitative estimate of drug-likeness (QED) is 0.841. The van der Waals surface area contributed by atoms with Crippen LogP contribution in [0.3, 0.4) is 0 Å². The molecule has 2 aromatic heterocycles. The SMILES string of the molecule is CCc1ncnc(N2C3CCC2CC(n2cc(C(C)(C)C)nn2)C3)c1F. The van der Waals surface area contributed by atoms with E-state index < -0.39 is 0 Å². The second-order valence-electron chi connectivity index (χ2n) is 8.56. The Morgan fingerprint density at radius 3 is 2.38 bits per heavy atom. The highest BCUT2D eigenvalue weighted by atomic mass is 19.1. The monoisotopic (exact) mass is 358 g/mol. The van der Waals surface area contributed by atoms with Crippen LogP contribution in [0.1, 0.15) is 70.8 Å². The van der Waals surface area contributed by atoms with Crippen molar-refractivity contribution in [1.82, 2.24) is 25.0 Å². The maximum Gasteiger partial charge on any atom is 0.187 e. The number of fused-ring (bicyclic) bond motifs is 2. The van der Waals surface area contributed by atoms with Crippen molar-refractivity contribution in [2.45, 2.75) is 83.3 Å². The van der Waals surface area contributed by atoms with Gasteiger partial charge in [-0.15, -0.1) is 5.10 Å². The Labute approximate surface area is 153 Å². The van der Waals surface area contributed by atoms with Gasteiger partial charge in [-0.2, -0.15) is 0 Å². The molecule has 2 bridgehead atoms. The highest BCUT2D eigenvalue weighted by Crippen LogP contribution is 2.43. The van der Waals surface area contributed by atoms with Crippen molar-refractivity contribution < 1.29 is 4.39 Å². The van der Waals surface area contributed by atoms with Crippen LogP contribution in [0.5, 0.6) is 0 Å². The summed E-state index contributed by atoms with van der Waals surface area (Å²) in [7, 11) is 0. The molecule has 0 radical (unpaired) electrons. The van der Waals surface area contributed by atoms with Gasteiger partial charge < -0.3 is 4.90 Å². The van der Waals surface area contributed by atoms with Crippen molar-refractivity contribution in [3.8, 4) is 0 Å². The second-order valence-corrected chi connectivity index (χ2v) is 8.56. The van der Waals surface area contributed by atoms with E-state index in [0.717, 1.165) is 31.4 Å². The zero-order valence-electron chi connectivity index (χ0n) is 16.0. The molecule has 0 amide bonds. The topological polar surface area (TPSA) is 59.7 Å². The van der Waals surface area contributed by atoms with Gasteiger partial charge >= 0.3 is 0 Å². The first kappa shape index (κ1) is 17.4. The Kier molecular flexibility index (Phi) is 4.20. The van der Waals surface area contributed by atoms with E-state index in [9.17, 15) is 4.39 Å². The zero-order chi connectivity index (χ0) is 18.5. The van der Waals surface area contributed by atoms with Gasteiger partial charge in [0.05, 0.1) is 17.4 Å². The van der Waals surface area contributed by atoms with Crippen LogP contribution < -0.4 is 4.90 Å². The molecule has 0 aliphatic carbocycles. The van der Waals surface area contributed by atoms with Crippen LogP contribution in [-0.2, 0) is 11.8 Å². The minimum Gasteiger partial charge on any atom is -0.348 e. The first-order chi connectivity index (χ1) is 12.4. The number of anilines is 1. The number of nitrogens with zero attached hydrogens (tertiary/aromatic N) is 6. The Balaban J connectivity index is 1.58. The molecule has 0 aromatic carbocycles. The Hall–Kier alpha value is -2.05. The van der Waals surface area contributed by atoms with Gasteiger partial charge in [0.1, 0.15) is 6.33 Å². The molecular formula is C19H27FN6. The Bertz CT molecular complexity index is 782. The van der Waals surface area contributed by atoms with E-state index >= 15 is 0 Å². The summed E-state index contributed by atoms with van der Waals surface area (Å²) < 4.78 is 16.8. The van der Waals surface area contributed by atoms with Crippen molar-refractivity contribution in [3.05, 3.63) is 29.7 Å². The van der Waals surface area contributed by atoms with E-state index in [0.29, 0.717) is 36.1 Å². The van der Waals surface area contributed by atoms with Gasteiger partial charge in [0.15, 0.2) is 11.6 Å². The molecule has 0 N–H and O–H groups in total. The number of hydrogen-bond acceptors (Lipinski definition) is 5. The number of hydrogen-bond donors (Lipinski definition) is 0. The standard InChI is InChI=1S/C19H27FN6/c1-5-15-17(20)18(22-11-21-15)26-12-6-7-13(26)9-14(8-12)25-10-16(23-24-25)19(2,3)4/h10-14H,5-9H2,1-4H3. The van der Waals surface area contributed by atoms with Gasteiger partial charge in [-0.05, 0) is 32.1 Å². The van der Waals surface area contributed by atoms with Gasteiger partial charge in [-0.1, -0.05) is 32.9 Å². The second kappa shape index (κ2) is 6.28. The van der Waals surface area contributed by atoms with Gasteiger partial charge in [-0.3, -0.25) is 0 Å². The molecule has 2 fully saturated rings. The van der Waals surface area contributed by atoms with E-state index in [4.69, 9.17) is 0 Å². The van der Waals surface area contributed by atoms with E-state index in [2.05, 4.69) is 52.1 Å². The predicted octanol–water partition coefficient (Wildman–Crippen LogP) is 3.44. The largest absolute Gasteiger partial charge is 0.348 e. The average Bonchev–Trinajstić information content (AvgIpc) is 3.18. The maximum absolute atomic E-state index is 14.8. The third-order valence-electron chi connectivity index (χ3n) is 5.78. The van der Waals surface area contributed by atoms with Gasteiger partial charge in [0, 0.05) is 23.7 Å². The summed E-state index contributed by atoms with van der Waals surface area (Å²) in [5.41, 5.74) is 1.52. The van der Waals surface area contributed by atoms with Crippen LogP contribution in [0.15, 0.2) is 12.5 Å². The summed E-state index contributed by atoms with van der Waals surface area (Å²) >= 11 is 0. The summed E-state index contributed by atoms with van der Waals surface area (Å²) in [5, 5.41) is 8.76. The molecule has 7 heteroatoms. The molecule has 4 heterocycles. The predicted molar refractivity (Wildman–Crippen MR) is 97.7 cm³/mol. The first-order valence-corrected chi connectivity index (χ1v) is 9.58. The fourth-order valence-electron chi connectivity index (χ4n) is 4.33. The molecular weight excluding hydrogens is 331 g/mol. The van der Waals surface area contributed by atoms with Gasteiger partial charge in [0.2, 0.25) is 0 Å². The number of aromatic nitrogens is 5. The van der Waals surface area contributed by atoms with E-state index in [1.54, 1.807) is 0 Å². The lowest BCUT2D eigenvalue weighted by Gasteiger charge is -2.39. The minimum absolute atomic E-state index is 0.00141. The number of rotatable bonds is 3. The molecule has 26 heavy (non-hydrogen) atoms. The van der Waals surface area contributed by atoms with Crippen molar-refractivity contribution in [3.63, 3.8) is 0 Å². The maximum atomic E-state index is 14.8. The molecule has 6 nitrogen and oxygen atoms in total. The summed E-state index contributed by atoms with van der Waals surface area (Å²) in [5.74, 6) is 0.234. The zero-order valence-corrected chi connectivity index (χ0v) is 16.0. The minimum atomic E-state index is -0.249. The fourth-order valence-corrected chi connectivity index (χ4v) is 4.33. The number of piperidine rings is 1. The highest BCUT2D eigenvalue weighted by Gasteiger charge is 2.43. The molecule has 0 spiro atoms. The molecule has 2 unspecified atom stereocenters. The summed E-state index contributed by atoms with van der Waals surface area (Å²) in [6, 6.07) is 0.924. The van der Waals surface area contributed by atoms with Crippen molar-refractivity contribution in [2.75, 3.05) is 4.90 Å². The normalized spacial score (nSPS) is 25.7. The molecule has 2 aliphatic rings. The molecule has 140 valence electrons. The molecule has 2 saturated heterocycles. The van der Waals surface area contributed by atoms with Crippen molar-refractivity contribution in [1.29, 1.82) is 0 Å². The Morgan fingerprint density at radius 1 is 1.12 bits per heavy atom. The van der Waals surface area contributed by atoms with E-state index in [1.807, 2.05) is 11.6 Å². The lowest BCUT2D eigenvalue weighted by Crippen LogP contribution is -2.44. The van der Waals surface area contributed by atoms with E-state index in [-0.39, 0.29) is 11.2 Å². The smallest absolute Gasteiger partial charge is 0.187 e. The highest BCUT2D eigenvalue weighted by molar-refractivity contribution is 5.46. The van der Waals surface area contributed by atoms with Crippen LogP contribution in [-0.4, -0.2) is 37.0 Å². The number of aryl methyl sites for hydroxylation is 1. The third-order valence-corrected chi connectivity index (χ3v) is 5.78. The lowest BCUT2D eigenvalue weighted by molar-refractivity contribution is 0.306. The van der Waals surface area contributed by atoms with Crippen molar-refractivity contribution in [2.24, 2.45) is 0 Å². The summed E-state index contributed by atoms with van der Waals surface area (Å²) in [6.07, 6.45) is 8.22. The molecule has 2 aliphatic heterocycles. The summed E-state index contributed by atoms with van der Waals surface area (Å²) in [6.45, 7) is 8.37. The van der Waals surface area contributed by atoms with Crippen LogP contribution >= 0.6 is 0 Å². The van der Waals surface area contributed by atoms with E-state index in [1.165, 1.54) is 6.33 Å². The fraction of sp³-hybridized carbons (Fsp3) is 0.684.